The zero-order chi connectivity index (χ0) is 15.7. The van der Waals surface area contributed by atoms with E-state index in [1.807, 2.05) is 25.1 Å². The topological polar surface area (TPSA) is 45.3 Å². The number of rotatable bonds is 3. The third kappa shape index (κ3) is 3.02. The highest BCUT2D eigenvalue weighted by Crippen LogP contribution is 2.24. The van der Waals surface area contributed by atoms with Crippen molar-refractivity contribution in [1.82, 2.24) is 9.88 Å². The fourth-order valence-electron chi connectivity index (χ4n) is 3.15. The molecule has 0 aliphatic carbocycles. The van der Waals surface area contributed by atoms with Crippen LogP contribution in [0.25, 0.3) is 10.8 Å². The van der Waals surface area contributed by atoms with Crippen molar-refractivity contribution >= 4 is 10.8 Å². The van der Waals surface area contributed by atoms with Crippen LogP contribution in [0.1, 0.15) is 32.3 Å². The Hall–Kier alpha value is -1.81. The van der Waals surface area contributed by atoms with E-state index in [1.54, 1.807) is 6.20 Å². The van der Waals surface area contributed by atoms with Crippen LogP contribution in [0.3, 0.4) is 0 Å². The number of hydrogen-bond acceptors (Lipinski definition) is 3. The molecule has 0 atom stereocenters. The molecule has 2 heterocycles. The monoisotopic (exact) mass is 300 g/mol. The molecular formula is C18H24N2O2. The smallest absolute Gasteiger partial charge is 0.255 e. The molecular weight excluding hydrogens is 276 g/mol. The first kappa shape index (κ1) is 15.1. The Morgan fingerprint density at radius 1 is 1.23 bits per heavy atom. The molecule has 118 valence electrons. The first-order valence-electron chi connectivity index (χ1n) is 8.07. The van der Waals surface area contributed by atoms with Crippen molar-refractivity contribution in [2.75, 3.05) is 13.1 Å². The summed E-state index contributed by atoms with van der Waals surface area (Å²) in [5, 5.41) is 1.70. The van der Waals surface area contributed by atoms with E-state index in [4.69, 9.17) is 4.74 Å². The Kier molecular flexibility index (Phi) is 4.21. The van der Waals surface area contributed by atoms with Crippen molar-refractivity contribution in [3.63, 3.8) is 0 Å². The Morgan fingerprint density at radius 3 is 2.64 bits per heavy atom. The molecule has 1 N–H and O–H groups in total. The first-order valence-corrected chi connectivity index (χ1v) is 8.07. The SMILES string of the molecule is Cc1c[nH]c(=O)c2ccc(OC3CCN(C(C)C)CC3)cc12. The lowest BCUT2D eigenvalue weighted by molar-refractivity contribution is 0.0844. The second-order valence-corrected chi connectivity index (χ2v) is 6.46. The number of aromatic nitrogens is 1. The van der Waals surface area contributed by atoms with Gasteiger partial charge in [0.1, 0.15) is 11.9 Å². The van der Waals surface area contributed by atoms with E-state index in [9.17, 15) is 4.79 Å². The highest BCUT2D eigenvalue weighted by atomic mass is 16.5. The number of aromatic amines is 1. The van der Waals surface area contributed by atoms with Gasteiger partial charge in [-0.05, 0) is 62.8 Å². The molecule has 1 aliphatic heterocycles. The molecule has 0 unspecified atom stereocenters. The lowest BCUT2D eigenvalue weighted by Crippen LogP contribution is -2.41. The van der Waals surface area contributed by atoms with E-state index in [-0.39, 0.29) is 11.7 Å². The Bertz CT molecular complexity index is 713. The predicted molar refractivity (Wildman–Crippen MR) is 89.7 cm³/mol. The van der Waals surface area contributed by atoms with Crippen LogP contribution < -0.4 is 10.3 Å². The third-order valence-corrected chi connectivity index (χ3v) is 4.59. The van der Waals surface area contributed by atoms with Gasteiger partial charge in [0.15, 0.2) is 0 Å². The molecule has 4 heteroatoms. The Balaban J connectivity index is 1.75. The quantitative estimate of drug-likeness (QED) is 0.947. The minimum Gasteiger partial charge on any atom is -0.490 e. The number of pyridine rings is 1. The van der Waals surface area contributed by atoms with Crippen LogP contribution in [0.4, 0.5) is 0 Å². The van der Waals surface area contributed by atoms with E-state index in [1.165, 1.54) is 0 Å². The van der Waals surface area contributed by atoms with Crippen LogP contribution in [0.5, 0.6) is 5.75 Å². The van der Waals surface area contributed by atoms with Crippen molar-refractivity contribution in [1.29, 1.82) is 0 Å². The van der Waals surface area contributed by atoms with Crippen LogP contribution in [-0.2, 0) is 0 Å². The average Bonchev–Trinajstić information content (AvgIpc) is 2.52. The van der Waals surface area contributed by atoms with E-state index < -0.39 is 0 Å². The Labute approximate surface area is 131 Å². The van der Waals surface area contributed by atoms with Crippen molar-refractivity contribution < 1.29 is 4.74 Å². The van der Waals surface area contributed by atoms with Gasteiger partial charge in [0.2, 0.25) is 0 Å². The molecule has 0 amide bonds. The van der Waals surface area contributed by atoms with Crippen LogP contribution in [0, 0.1) is 6.92 Å². The second-order valence-electron chi connectivity index (χ2n) is 6.46. The van der Waals surface area contributed by atoms with E-state index in [0.29, 0.717) is 6.04 Å². The highest BCUT2D eigenvalue weighted by molar-refractivity contribution is 5.85. The maximum absolute atomic E-state index is 11.8. The van der Waals surface area contributed by atoms with Gasteiger partial charge in [-0.1, -0.05) is 0 Å². The summed E-state index contributed by atoms with van der Waals surface area (Å²) in [6, 6.07) is 6.37. The third-order valence-electron chi connectivity index (χ3n) is 4.59. The minimum atomic E-state index is -0.0441. The first-order chi connectivity index (χ1) is 10.5. The minimum absolute atomic E-state index is 0.0441. The summed E-state index contributed by atoms with van der Waals surface area (Å²) in [5.74, 6) is 0.865. The number of piperidine rings is 1. The summed E-state index contributed by atoms with van der Waals surface area (Å²) in [4.78, 5) is 17.1. The largest absolute Gasteiger partial charge is 0.490 e. The van der Waals surface area contributed by atoms with Gasteiger partial charge in [0.05, 0.1) is 0 Å². The van der Waals surface area contributed by atoms with Gasteiger partial charge in [-0.2, -0.15) is 0 Å². The van der Waals surface area contributed by atoms with Gasteiger partial charge in [-0.25, -0.2) is 0 Å². The molecule has 0 spiro atoms. The van der Waals surface area contributed by atoms with Gasteiger partial charge >= 0.3 is 0 Å². The van der Waals surface area contributed by atoms with Crippen molar-refractivity contribution in [3.05, 3.63) is 40.3 Å². The van der Waals surface area contributed by atoms with Gasteiger partial charge < -0.3 is 14.6 Å². The number of fused-ring (bicyclic) bond motifs is 1. The molecule has 1 saturated heterocycles. The maximum atomic E-state index is 11.8. The highest BCUT2D eigenvalue weighted by Gasteiger charge is 2.22. The zero-order valence-corrected chi connectivity index (χ0v) is 13.6. The summed E-state index contributed by atoms with van der Waals surface area (Å²) in [6.45, 7) is 8.67. The molecule has 2 aromatic rings. The molecule has 1 fully saturated rings. The van der Waals surface area contributed by atoms with Crippen LogP contribution in [-0.4, -0.2) is 35.1 Å². The fraction of sp³-hybridized carbons (Fsp3) is 0.500. The maximum Gasteiger partial charge on any atom is 0.255 e. The number of likely N-dealkylation sites (tertiary alicyclic amines) is 1. The Morgan fingerprint density at radius 2 is 1.95 bits per heavy atom. The number of nitrogens with zero attached hydrogens (tertiary/aromatic N) is 1. The fourth-order valence-corrected chi connectivity index (χ4v) is 3.15. The number of aryl methyl sites for hydroxylation is 1. The normalized spacial score (nSPS) is 17.3. The second kappa shape index (κ2) is 6.13. The average molecular weight is 300 g/mol. The molecule has 3 rings (SSSR count). The molecule has 22 heavy (non-hydrogen) atoms. The predicted octanol–water partition coefficient (Wildman–Crippen LogP) is 3.09. The van der Waals surface area contributed by atoms with Crippen LogP contribution >= 0.6 is 0 Å². The molecule has 0 radical (unpaired) electrons. The summed E-state index contributed by atoms with van der Waals surface area (Å²) < 4.78 is 6.15. The van der Waals surface area contributed by atoms with Crippen LogP contribution in [0.2, 0.25) is 0 Å². The number of benzene rings is 1. The molecule has 0 saturated carbocycles. The standard InChI is InChI=1S/C18H24N2O2/c1-12(2)20-8-6-14(7-9-20)22-15-4-5-16-17(10-15)13(3)11-19-18(16)21/h4-5,10-12,14H,6-9H2,1-3H3,(H,19,21). The van der Waals surface area contributed by atoms with Crippen molar-refractivity contribution in [2.45, 2.75) is 45.8 Å². The van der Waals surface area contributed by atoms with Gasteiger partial charge in [-0.15, -0.1) is 0 Å². The number of nitrogens with one attached hydrogen (secondary N) is 1. The molecule has 1 aliphatic rings. The van der Waals surface area contributed by atoms with E-state index in [0.717, 1.165) is 48.0 Å². The van der Waals surface area contributed by atoms with Gasteiger partial charge in [-0.3, -0.25) is 4.79 Å². The zero-order valence-electron chi connectivity index (χ0n) is 13.6. The van der Waals surface area contributed by atoms with Gasteiger partial charge in [0.25, 0.3) is 5.56 Å². The van der Waals surface area contributed by atoms with Gasteiger partial charge in [0, 0.05) is 30.7 Å². The summed E-state index contributed by atoms with van der Waals surface area (Å²) in [7, 11) is 0. The number of hydrogen-bond donors (Lipinski definition) is 1. The van der Waals surface area contributed by atoms with Crippen LogP contribution in [0.15, 0.2) is 29.2 Å². The number of ether oxygens (including phenoxy) is 1. The molecule has 4 nitrogen and oxygen atoms in total. The molecule has 0 bridgehead atoms. The summed E-state index contributed by atoms with van der Waals surface area (Å²) in [5.41, 5.74) is 1.02. The van der Waals surface area contributed by atoms with Crippen molar-refractivity contribution in [2.24, 2.45) is 0 Å². The molecule has 1 aromatic carbocycles. The summed E-state index contributed by atoms with van der Waals surface area (Å²) in [6.07, 6.45) is 4.15. The lowest BCUT2D eigenvalue weighted by Gasteiger charge is -2.34. The number of H-pyrrole nitrogens is 1. The van der Waals surface area contributed by atoms with E-state index in [2.05, 4.69) is 23.7 Å². The lowest BCUT2D eigenvalue weighted by atomic mass is 10.1. The summed E-state index contributed by atoms with van der Waals surface area (Å²) >= 11 is 0. The van der Waals surface area contributed by atoms with Crippen molar-refractivity contribution in [3.8, 4) is 5.75 Å². The van der Waals surface area contributed by atoms with E-state index >= 15 is 0 Å². The molecule has 1 aromatic heterocycles.